The summed E-state index contributed by atoms with van der Waals surface area (Å²) < 4.78 is 0. The Bertz CT molecular complexity index is 120. The highest BCUT2D eigenvalue weighted by Crippen LogP contribution is 2.21. The van der Waals surface area contributed by atoms with Gasteiger partial charge in [-0.25, -0.2) is 0 Å². The molecule has 1 rings (SSSR count). The smallest absolute Gasteiger partial charge is 0.0836 e. The predicted octanol–water partition coefficient (Wildman–Crippen LogP) is 0.448. The van der Waals surface area contributed by atoms with Crippen LogP contribution in [-0.4, -0.2) is 22.4 Å². The summed E-state index contributed by atoms with van der Waals surface area (Å²) in [6, 6.07) is 0. The van der Waals surface area contributed by atoms with Gasteiger partial charge in [0.25, 0.3) is 0 Å². The molecule has 0 radical (unpaired) electrons. The highest BCUT2D eigenvalue weighted by atomic mass is 16.3. The molecule has 1 aliphatic carbocycles. The SMILES string of the molecule is C=C1CCC(O)C(O)C1. The predicted molar refractivity (Wildman–Crippen MR) is 35.0 cm³/mol. The molecule has 0 aliphatic heterocycles. The van der Waals surface area contributed by atoms with Gasteiger partial charge in [-0.3, -0.25) is 0 Å². The number of hydrogen-bond acceptors (Lipinski definition) is 2. The van der Waals surface area contributed by atoms with Gasteiger partial charge in [0.1, 0.15) is 0 Å². The summed E-state index contributed by atoms with van der Waals surface area (Å²) in [5.74, 6) is 0. The molecule has 1 fully saturated rings. The van der Waals surface area contributed by atoms with E-state index in [-0.39, 0.29) is 0 Å². The Morgan fingerprint density at radius 2 is 2.00 bits per heavy atom. The van der Waals surface area contributed by atoms with Crippen molar-refractivity contribution >= 4 is 0 Å². The molecular formula is C7H12O2. The van der Waals surface area contributed by atoms with Crippen molar-refractivity contribution < 1.29 is 10.2 Å². The molecule has 1 aliphatic rings. The van der Waals surface area contributed by atoms with Gasteiger partial charge in [0.2, 0.25) is 0 Å². The van der Waals surface area contributed by atoms with E-state index in [0.717, 1.165) is 12.0 Å². The third-order valence-corrected chi connectivity index (χ3v) is 1.74. The third-order valence-electron chi connectivity index (χ3n) is 1.74. The highest BCUT2D eigenvalue weighted by molar-refractivity contribution is 5.01. The zero-order chi connectivity index (χ0) is 6.85. The molecule has 0 heterocycles. The summed E-state index contributed by atoms with van der Waals surface area (Å²) in [5.41, 5.74) is 1.05. The summed E-state index contributed by atoms with van der Waals surface area (Å²) in [6.07, 6.45) is 1.01. The first kappa shape index (κ1) is 6.78. The fraction of sp³-hybridized carbons (Fsp3) is 0.714. The van der Waals surface area contributed by atoms with Crippen molar-refractivity contribution in [2.45, 2.75) is 31.5 Å². The minimum atomic E-state index is -0.564. The van der Waals surface area contributed by atoms with Crippen LogP contribution < -0.4 is 0 Å². The number of aliphatic hydroxyl groups excluding tert-OH is 2. The number of hydrogen-bond donors (Lipinski definition) is 2. The fourth-order valence-corrected chi connectivity index (χ4v) is 1.08. The molecular weight excluding hydrogens is 116 g/mol. The van der Waals surface area contributed by atoms with Crippen LogP contribution in [0.2, 0.25) is 0 Å². The van der Waals surface area contributed by atoms with Crippen LogP contribution in [0.1, 0.15) is 19.3 Å². The minimum Gasteiger partial charge on any atom is -0.390 e. The Labute approximate surface area is 54.8 Å². The van der Waals surface area contributed by atoms with Crippen LogP contribution in [0, 0.1) is 0 Å². The topological polar surface area (TPSA) is 40.5 Å². The second-order valence-corrected chi connectivity index (χ2v) is 2.63. The van der Waals surface area contributed by atoms with E-state index >= 15 is 0 Å². The molecule has 1 saturated carbocycles. The van der Waals surface area contributed by atoms with Gasteiger partial charge in [0.05, 0.1) is 12.2 Å². The average molecular weight is 128 g/mol. The van der Waals surface area contributed by atoms with Crippen molar-refractivity contribution in [1.29, 1.82) is 0 Å². The Hall–Kier alpha value is -0.340. The van der Waals surface area contributed by atoms with Crippen molar-refractivity contribution in [3.8, 4) is 0 Å². The van der Waals surface area contributed by atoms with Crippen molar-refractivity contribution in [3.05, 3.63) is 12.2 Å². The molecule has 2 N–H and O–H groups in total. The normalized spacial score (nSPS) is 36.9. The van der Waals surface area contributed by atoms with Crippen LogP contribution in [0.5, 0.6) is 0 Å². The lowest BCUT2D eigenvalue weighted by Crippen LogP contribution is -2.29. The van der Waals surface area contributed by atoms with E-state index in [0.29, 0.717) is 12.8 Å². The van der Waals surface area contributed by atoms with E-state index in [1.165, 1.54) is 0 Å². The van der Waals surface area contributed by atoms with Crippen LogP contribution in [0.3, 0.4) is 0 Å². The molecule has 9 heavy (non-hydrogen) atoms. The van der Waals surface area contributed by atoms with Gasteiger partial charge in [-0.15, -0.1) is 0 Å². The van der Waals surface area contributed by atoms with Crippen LogP contribution in [0.25, 0.3) is 0 Å². The van der Waals surface area contributed by atoms with Crippen molar-refractivity contribution in [3.63, 3.8) is 0 Å². The van der Waals surface area contributed by atoms with E-state index in [4.69, 9.17) is 10.2 Å². The maximum Gasteiger partial charge on any atom is 0.0836 e. The summed E-state index contributed by atoms with van der Waals surface area (Å²) in [5, 5.41) is 18.0. The Balaban J connectivity index is 2.44. The van der Waals surface area contributed by atoms with Gasteiger partial charge in [-0.1, -0.05) is 12.2 Å². The van der Waals surface area contributed by atoms with E-state index in [1.807, 2.05) is 0 Å². The molecule has 0 aromatic carbocycles. The van der Waals surface area contributed by atoms with Gasteiger partial charge in [-0.05, 0) is 19.3 Å². The lowest BCUT2D eigenvalue weighted by atomic mass is 9.91. The van der Waals surface area contributed by atoms with Crippen molar-refractivity contribution in [2.75, 3.05) is 0 Å². The Morgan fingerprint density at radius 1 is 1.33 bits per heavy atom. The summed E-state index contributed by atoms with van der Waals surface area (Å²) in [7, 11) is 0. The zero-order valence-electron chi connectivity index (χ0n) is 5.38. The first-order valence-corrected chi connectivity index (χ1v) is 3.23. The highest BCUT2D eigenvalue weighted by Gasteiger charge is 2.21. The summed E-state index contributed by atoms with van der Waals surface area (Å²) in [4.78, 5) is 0. The molecule has 0 saturated heterocycles. The number of rotatable bonds is 0. The van der Waals surface area contributed by atoms with E-state index in [9.17, 15) is 0 Å². The standard InChI is InChI=1S/C7H12O2/c1-5-2-3-6(8)7(9)4-5/h6-9H,1-4H2. The lowest BCUT2D eigenvalue weighted by Gasteiger charge is -2.24. The molecule has 0 amide bonds. The lowest BCUT2D eigenvalue weighted by molar-refractivity contribution is 0.00425. The van der Waals surface area contributed by atoms with Gasteiger partial charge < -0.3 is 10.2 Å². The Kier molecular flexibility index (Phi) is 1.88. The van der Waals surface area contributed by atoms with Gasteiger partial charge in [0.15, 0.2) is 0 Å². The van der Waals surface area contributed by atoms with Gasteiger partial charge >= 0.3 is 0 Å². The Morgan fingerprint density at radius 3 is 2.44 bits per heavy atom. The molecule has 2 heteroatoms. The monoisotopic (exact) mass is 128 g/mol. The van der Waals surface area contributed by atoms with Crippen LogP contribution in [0.4, 0.5) is 0 Å². The fourth-order valence-electron chi connectivity index (χ4n) is 1.08. The largest absolute Gasteiger partial charge is 0.390 e. The molecule has 0 bridgehead atoms. The second-order valence-electron chi connectivity index (χ2n) is 2.63. The molecule has 52 valence electrons. The molecule has 0 spiro atoms. The van der Waals surface area contributed by atoms with Crippen molar-refractivity contribution in [2.24, 2.45) is 0 Å². The van der Waals surface area contributed by atoms with Crippen molar-refractivity contribution in [1.82, 2.24) is 0 Å². The van der Waals surface area contributed by atoms with Crippen LogP contribution in [-0.2, 0) is 0 Å². The van der Waals surface area contributed by atoms with E-state index in [2.05, 4.69) is 6.58 Å². The van der Waals surface area contributed by atoms with E-state index in [1.54, 1.807) is 0 Å². The molecule has 2 atom stereocenters. The van der Waals surface area contributed by atoms with Gasteiger partial charge in [0, 0.05) is 0 Å². The zero-order valence-corrected chi connectivity index (χ0v) is 5.38. The average Bonchev–Trinajstić information content (AvgIpc) is 1.80. The second kappa shape index (κ2) is 2.50. The minimum absolute atomic E-state index is 0.518. The maximum atomic E-state index is 9.04. The summed E-state index contributed by atoms with van der Waals surface area (Å²) >= 11 is 0. The van der Waals surface area contributed by atoms with Gasteiger partial charge in [-0.2, -0.15) is 0 Å². The first-order chi connectivity index (χ1) is 4.20. The quantitative estimate of drug-likeness (QED) is 0.465. The molecule has 2 unspecified atom stereocenters. The molecule has 0 aromatic rings. The maximum absolute atomic E-state index is 9.04. The summed E-state index contributed by atoms with van der Waals surface area (Å²) in [6.45, 7) is 3.73. The van der Waals surface area contributed by atoms with Crippen LogP contribution in [0.15, 0.2) is 12.2 Å². The third kappa shape index (κ3) is 1.53. The van der Waals surface area contributed by atoms with Crippen LogP contribution >= 0.6 is 0 Å². The van der Waals surface area contributed by atoms with E-state index < -0.39 is 12.2 Å². The first-order valence-electron chi connectivity index (χ1n) is 3.23. The number of aliphatic hydroxyl groups is 2. The molecule has 2 nitrogen and oxygen atoms in total. The molecule has 0 aromatic heterocycles.